The van der Waals surface area contributed by atoms with Crippen LogP contribution in [0, 0.1) is 0 Å². The van der Waals surface area contributed by atoms with E-state index in [-0.39, 0.29) is 18.5 Å². The number of hydrogen-bond acceptors (Lipinski definition) is 5. The molecule has 0 aromatic heterocycles. The zero-order chi connectivity index (χ0) is 27.3. The minimum atomic E-state index is -3.96. The van der Waals surface area contributed by atoms with Gasteiger partial charge in [0.25, 0.3) is 5.24 Å². The second-order valence-electron chi connectivity index (χ2n) is 9.06. The van der Waals surface area contributed by atoms with E-state index in [2.05, 4.69) is 41.7 Å². The van der Waals surface area contributed by atoms with Crippen LogP contribution in [0.4, 0.5) is 4.79 Å². The van der Waals surface area contributed by atoms with Crippen LogP contribution >= 0.6 is 26.6 Å². The Morgan fingerprint density at radius 1 is 0.718 bits per heavy atom. The topological polar surface area (TPSA) is 64.6 Å². The number of amides is 1. The fourth-order valence-electron chi connectivity index (χ4n) is 5.51. The molecule has 0 bridgehead atoms. The first-order valence-electron chi connectivity index (χ1n) is 13.0. The largest absolute Gasteiger partial charge is 0.357 e. The van der Waals surface area contributed by atoms with E-state index in [1.54, 1.807) is 0 Å². The van der Waals surface area contributed by atoms with Gasteiger partial charge in [-0.05, 0) is 67.6 Å². The first kappa shape index (κ1) is 27.8. The molecule has 2 atom stereocenters. The quantitative estimate of drug-likeness (QED) is 0.209. The molecule has 1 aliphatic rings. The van der Waals surface area contributed by atoms with Crippen LogP contribution in [-0.2, 0) is 18.1 Å². The van der Waals surface area contributed by atoms with Gasteiger partial charge in [-0.3, -0.25) is 9.36 Å². The van der Waals surface area contributed by atoms with Crippen molar-refractivity contribution < 1.29 is 18.4 Å². The maximum absolute atomic E-state index is 15.2. The van der Waals surface area contributed by atoms with Gasteiger partial charge in [0.2, 0.25) is 4.49 Å². The summed E-state index contributed by atoms with van der Waals surface area (Å²) >= 11 is 1.04. The zero-order valence-electron chi connectivity index (χ0n) is 22.0. The van der Waals surface area contributed by atoms with Crippen molar-refractivity contribution in [1.82, 2.24) is 5.32 Å². The van der Waals surface area contributed by atoms with Gasteiger partial charge in [0.15, 0.2) is 5.78 Å². The molecule has 0 spiro atoms. The Hall–Kier alpha value is -2.72. The molecule has 2 unspecified atom stereocenters. The average Bonchev–Trinajstić information content (AvgIpc) is 3.35. The second-order valence-corrected chi connectivity index (χ2v) is 16.3. The Labute approximate surface area is 235 Å². The third kappa shape index (κ3) is 4.69. The summed E-state index contributed by atoms with van der Waals surface area (Å²) in [4.78, 5) is 13.7. The maximum Gasteiger partial charge on any atom is 0.357 e. The van der Waals surface area contributed by atoms with Crippen molar-refractivity contribution in [2.75, 3.05) is 13.2 Å². The second kappa shape index (κ2) is 11.8. The van der Waals surface area contributed by atoms with Crippen LogP contribution in [0.3, 0.4) is 0 Å². The first-order chi connectivity index (χ1) is 19.0. The van der Waals surface area contributed by atoms with E-state index in [0.717, 1.165) is 33.2 Å². The van der Waals surface area contributed by atoms with E-state index >= 15 is 4.57 Å². The molecule has 5 nitrogen and oxygen atoms in total. The summed E-state index contributed by atoms with van der Waals surface area (Å²) in [6.45, 7) is 3.98. The lowest BCUT2D eigenvalue weighted by atomic mass is 10.1. The normalized spacial score (nSPS) is 19.5. The molecule has 1 aliphatic heterocycles. The van der Waals surface area contributed by atoms with Crippen molar-refractivity contribution in [3.8, 4) is 0 Å². The molecule has 200 valence electrons. The highest BCUT2D eigenvalue weighted by atomic mass is 32.2. The summed E-state index contributed by atoms with van der Waals surface area (Å²) in [6, 6.07) is 40.4. The Morgan fingerprint density at radius 3 is 1.49 bits per heavy atom. The van der Waals surface area contributed by atoms with E-state index in [1.807, 2.05) is 98.8 Å². The van der Waals surface area contributed by atoms with Gasteiger partial charge < -0.3 is 14.4 Å². The molecule has 39 heavy (non-hydrogen) atoms. The van der Waals surface area contributed by atoms with Gasteiger partial charge >= 0.3 is 7.60 Å². The Balaban J connectivity index is 1.96. The van der Waals surface area contributed by atoms with E-state index < -0.39 is 25.1 Å². The molecule has 1 heterocycles. The molecule has 0 radical (unpaired) electrons. The lowest BCUT2D eigenvalue weighted by Crippen LogP contribution is -2.51. The highest BCUT2D eigenvalue weighted by Gasteiger charge is 2.74. The third-order valence-electron chi connectivity index (χ3n) is 6.94. The molecule has 0 aliphatic carbocycles. The molecule has 1 amide bonds. The van der Waals surface area contributed by atoms with Gasteiger partial charge in [-0.25, -0.2) is 0 Å². The van der Waals surface area contributed by atoms with Crippen molar-refractivity contribution in [3.63, 3.8) is 0 Å². The molecule has 1 N–H and O–H groups in total. The van der Waals surface area contributed by atoms with Crippen molar-refractivity contribution in [2.24, 2.45) is 0 Å². The number of benzene rings is 4. The monoisotopic (exact) mass is 576 g/mol. The van der Waals surface area contributed by atoms with E-state index in [4.69, 9.17) is 9.05 Å². The van der Waals surface area contributed by atoms with Crippen molar-refractivity contribution in [3.05, 3.63) is 127 Å². The highest BCUT2D eigenvalue weighted by molar-refractivity contribution is 8.19. The molecule has 4 aromatic rings. The molecule has 1 saturated heterocycles. The van der Waals surface area contributed by atoms with E-state index in [9.17, 15) is 4.79 Å². The van der Waals surface area contributed by atoms with Crippen molar-refractivity contribution in [1.29, 1.82) is 0 Å². The lowest BCUT2D eigenvalue weighted by Gasteiger charge is -2.43. The first-order valence-corrected chi connectivity index (χ1v) is 17.2. The summed E-state index contributed by atoms with van der Waals surface area (Å²) in [5.74, 6) is -0.638. The maximum atomic E-state index is 15.2. The summed E-state index contributed by atoms with van der Waals surface area (Å²) in [7, 11) is -6.72. The number of nitrogens with one attached hydrogen (secondary N) is 1. The highest BCUT2D eigenvalue weighted by Crippen LogP contribution is 2.80. The smallest absolute Gasteiger partial charge is 0.309 e. The number of thioether (sulfide) groups is 1. The standard InChI is InChI=1S/C31H31NO4P2S/c1-3-35-38(34,36-4-2)31(25-17-9-5-10-18-25)29(32-30(33)39-31)37(26-19-11-6-12-20-26,27-21-13-7-14-22-27)28-23-15-8-16-24-28/h5-24,29H,3-4H2,1-2H3/p+1. The number of carbonyl (C=O) groups excluding carboxylic acids is 1. The van der Waals surface area contributed by atoms with Crippen LogP contribution in [0.2, 0.25) is 0 Å². The summed E-state index contributed by atoms with van der Waals surface area (Å²) in [5, 5.41) is 6.28. The molecule has 8 heteroatoms. The van der Waals surface area contributed by atoms with Crippen LogP contribution in [-0.4, -0.2) is 24.2 Å². The van der Waals surface area contributed by atoms with Crippen LogP contribution in [0.1, 0.15) is 19.4 Å². The Kier molecular flexibility index (Phi) is 8.42. The number of rotatable bonds is 10. The SMILES string of the molecule is CCOP(=O)(OCC)C1(c2ccccc2)SC(=O)NC1[P+](c1ccccc1)(c1ccccc1)c1ccccc1. The van der Waals surface area contributed by atoms with Gasteiger partial charge in [0, 0.05) is 0 Å². The zero-order valence-corrected chi connectivity index (χ0v) is 24.6. The fraction of sp³-hybridized carbons (Fsp3) is 0.194. The fourth-order valence-corrected chi connectivity index (χ4v) is 15.7. The molecular formula is C31H32NO4P2S+. The molecule has 1 fully saturated rings. The predicted molar refractivity (Wildman–Crippen MR) is 164 cm³/mol. The minimum absolute atomic E-state index is 0.181. The number of hydrogen-bond donors (Lipinski definition) is 1. The minimum Gasteiger partial charge on any atom is -0.309 e. The molecule has 0 saturated carbocycles. The lowest BCUT2D eigenvalue weighted by molar-refractivity contribution is 0.207. The molecule has 5 rings (SSSR count). The van der Waals surface area contributed by atoms with E-state index in [0.29, 0.717) is 0 Å². The van der Waals surface area contributed by atoms with Gasteiger partial charge in [0.1, 0.15) is 23.2 Å². The average molecular weight is 577 g/mol. The molecule has 4 aromatic carbocycles. The third-order valence-corrected chi connectivity index (χ3v) is 16.5. The summed E-state index contributed by atoms with van der Waals surface area (Å²) in [5.41, 5.74) is 0.732. The summed E-state index contributed by atoms with van der Waals surface area (Å²) in [6.07, 6.45) is 0. The summed E-state index contributed by atoms with van der Waals surface area (Å²) < 4.78 is 26.1. The predicted octanol–water partition coefficient (Wildman–Crippen LogP) is 6.88. The Morgan fingerprint density at radius 2 is 1.10 bits per heavy atom. The molecular weight excluding hydrogens is 544 g/mol. The van der Waals surface area contributed by atoms with Crippen LogP contribution in [0.25, 0.3) is 0 Å². The van der Waals surface area contributed by atoms with Gasteiger partial charge in [0.05, 0.1) is 13.2 Å². The van der Waals surface area contributed by atoms with Crippen molar-refractivity contribution in [2.45, 2.75) is 24.1 Å². The van der Waals surface area contributed by atoms with Crippen LogP contribution < -0.4 is 21.2 Å². The van der Waals surface area contributed by atoms with Crippen LogP contribution in [0.5, 0.6) is 0 Å². The van der Waals surface area contributed by atoms with Gasteiger partial charge in [-0.1, -0.05) is 84.9 Å². The van der Waals surface area contributed by atoms with Gasteiger partial charge in [-0.2, -0.15) is 0 Å². The Bertz CT molecular complexity index is 1330. The number of carbonyl (C=O) groups is 1. The van der Waals surface area contributed by atoms with Crippen LogP contribution in [0.15, 0.2) is 121 Å². The van der Waals surface area contributed by atoms with E-state index in [1.165, 1.54) is 0 Å². The van der Waals surface area contributed by atoms with Gasteiger partial charge in [-0.15, -0.1) is 0 Å². The van der Waals surface area contributed by atoms with Crippen molar-refractivity contribution >= 4 is 47.8 Å².